The van der Waals surface area contributed by atoms with Gasteiger partial charge in [-0.25, -0.2) is 0 Å². The maximum absolute atomic E-state index is 13.3. The molecule has 150 valence electrons. The monoisotopic (exact) mass is 387 g/mol. The van der Waals surface area contributed by atoms with Crippen molar-refractivity contribution in [3.63, 3.8) is 0 Å². The summed E-state index contributed by atoms with van der Waals surface area (Å²) in [5.41, 5.74) is 2.29. The standard InChI is InChI=1S/C20H25N3O5/c1-13-7-16(22(4)21-13)19(24)23(10-15-11-27-20(2,3)28-15)9-14-5-6-17-18(8-14)26-12-25-17/h5-8,15H,9-12H2,1-4H3/t15-/m0/s1. The summed E-state index contributed by atoms with van der Waals surface area (Å²) in [6, 6.07) is 7.52. The molecule has 1 fully saturated rings. The third-order valence-electron chi connectivity index (χ3n) is 4.81. The number of aryl methyl sites for hydroxylation is 2. The van der Waals surface area contributed by atoms with Crippen LogP contribution in [0.4, 0.5) is 0 Å². The summed E-state index contributed by atoms with van der Waals surface area (Å²) in [4.78, 5) is 15.0. The molecule has 8 heteroatoms. The molecule has 8 nitrogen and oxygen atoms in total. The maximum Gasteiger partial charge on any atom is 0.272 e. The largest absolute Gasteiger partial charge is 0.454 e. The van der Waals surface area contributed by atoms with Crippen LogP contribution >= 0.6 is 0 Å². The number of nitrogens with zero attached hydrogens (tertiary/aromatic N) is 3. The number of carbonyl (C=O) groups is 1. The van der Waals surface area contributed by atoms with Gasteiger partial charge in [-0.2, -0.15) is 5.10 Å². The first-order valence-corrected chi connectivity index (χ1v) is 9.31. The highest BCUT2D eigenvalue weighted by molar-refractivity contribution is 5.92. The lowest BCUT2D eigenvalue weighted by molar-refractivity contribution is -0.139. The third kappa shape index (κ3) is 3.83. The van der Waals surface area contributed by atoms with Gasteiger partial charge in [0.1, 0.15) is 11.8 Å². The minimum atomic E-state index is -0.638. The van der Waals surface area contributed by atoms with Crippen LogP contribution in [0.15, 0.2) is 24.3 Å². The molecule has 1 atom stereocenters. The molecule has 0 saturated carbocycles. The van der Waals surface area contributed by atoms with Crippen molar-refractivity contribution in [3.05, 3.63) is 41.2 Å². The van der Waals surface area contributed by atoms with Gasteiger partial charge in [-0.05, 0) is 44.5 Å². The van der Waals surface area contributed by atoms with E-state index in [1.165, 1.54) is 0 Å². The molecule has 0 unspecified atom stereocenters. The van der Waals surface area contributed by atoms with Crippen LogP contribution in [0.5, 0.6) is 11.5 Å². The summed E-state index contributed by atoms with van der Waals surface area (Å²) < 4.78 is 24.0. The highest BCUT2D eigenvalue weighted by atomic mass is 16.7. The molecule has 2 aliphatic rings. The predicted octanol–water partition coefficient (Wildman–Crippen LogP) is 2.25. The number of carbonyl (C=O) groups excluding carboxylic acids is 1. The van der Waals surface area contributed by atoms with Gasteiger partial charge < -0.3 is 23.8 Å². The minimum Gasteiger partial charge on any atom is -0.454 e. The fraction of sp³-hybridized carbons (Fsp3) is 0.500. The molecule has 0 aliphatic carbocycles. The quantitative estimate of drug-likeness (QED) is 0.783. The Morgan fingerprint density at radius 1 is 1.29 bits per heavy atom. The average Bonchev–Trinajstić information content (AvgIpc) is 3.32. The number of hydrogen-bond acceptors (Lipinski definition) is 6. The molecule has 3 heterocycles. The summed E-state index contributed by atoms with van der Waals surface area (Å²) >= 11 is 0. The van der Waals surface area contributed by atoms with Crippen LogP contribution in [-0.2, 0) is 23.1 Å². The second-order valence-electron chi connectivity index (χ2n) is 7.62. The van der Waals surface area contributed by atoms with Crippen LogP contribution in [0.3, 0.4) is 0 Å². The number of hydrogen-bond donors (Lipinski definition) is 0. The molecule has 0 spiro atoms. The van der Waals surface area contributed by atoms with E-state index < -0.39 is 5.79 Å². The molecular weight excluding hydrogens is 362 g/mol. The molecule has 2 aliphatic heterocycles. The average molecular weight is 387 g/mol. The van der Waals surface area contributed by atoms with Crippen LogP contribution in [0.2, 0.25) is 0 Å². The van der Waals surface area contributed by atoms with Crippen LogP contribution in [0.25, 0.3) is 0 Å². The van der Waals surface area contributed by atoms with Crippen molar-refractivity contribution >= 4 is 5.91 Å². The minimum absolute atomic E-state index is 0.103. The van der Waals surface area contributed by atoms with Gasteiger partial charge in [0.2, 0.25) is 6.79 Å². The SMILES string of the molecule is Cc1cc(C(=O)N(Cc2ccc3c(c2)OCO3)C[C@H]2COC(C)(C)O2)n(C)n1. The fourth-order valence-corrected chi connectivity index (χ4v) is 3.55. The van der Waals surface area contributed by atoms with E-state index in [-0.39, 0.29) is 18.8 Å². The van der Waals surface area contributed by atoms with Crippen molar-refractivity contribution in [2.24, 2.45) is 7.05 Å². The maximum atomic E-state index is 13.3. The van der Waals surface area contributed by atoms with E-state index in [0.29, 0.717) is 31.1 Å². The van der Waals surface area contributed by atoms with Gasteiger partial charge in [-0.3, -0.25) is 9.48 Å². The van der Waals surface area contributed by atoms with Crippen LogP contribution in [-0.4, -0.2) is 52.4 Å². The Morgan fingerprint density at radius 2 is 2.07 bits per heavy atom. The van der Waals surface area contributed by atoms with Gasteiger partial charge in [0.15, 0.2) is 17.3 Å². The molecule has 4 rings (SSSR count). The van der Waals surface area contributed by atoms with Crippen molar-refractivity contribution in [3.8, 4) is 11.5 Å². The molecule has 2 aromatic rings. The van der Waals surface area contributed by atoms with Gasteiger partial charge >= 0.3 is 0 Å². The lowest BCUT2D eigenvalue weighted by atomic mass is 10.1. The van der Waals surface area contributed by atoms with E-state index in [2.05, 4.69) is 5.10 Å². The second-order valence-corrected chi connectivity index (χ2v) is 7.62. The lowest BCUT2D eigenvalue weighted by Gasteiger charge is -2.26. The van der Waals surface area contributed by atoms with Crippen molar-refractivity contribution in [2.45, 2.75) is 39.2 Å². The number of benzene rings is 1. The zero-order chi connectivity index (χ0) is 19.9. The van der Waals surface area contributed by atoms with Gasteiger partial charge in [0.05, 0.1) is 12.3 Å². The number of ether oxygens (including phenoxy) is 4. The summed E-state index contributed by atoms with van der Waals surface area (Å²) in [6.07, 6.45) is -0.192. The van der Waals surface area contributed by atoms with Crippen LogP contribution < -0.4 is 9.47 Å². The Hall–Kier alpha value is -2.58. The normalized spacial score (nSPS) is 19.8. The topological polar surface area (TPSA) is 75.1 Å². The van der Waals surface area contributed by atoms with Gasteiger partial charge in [-0.1, -0.05) is 6.07 Å². The first-order chi connectivity index (χ1) is 13.3. The van der Waals surface area contributed by atoms with Crippen LogP contribution in [0.1, 0.15) is 35.6 Å². The van der Waals surface area contributed by atoms with Crippen molar-refractivity contribution in [1.82, 2.24) is 14.7 Å². The molecular formula is C20H25N3O5. The lowest BCUT2D eigenvalue weighted by Crippen LogP contribution is -2.39. The smallest absolute Gasteiger partial charge is 0.272 e. The first-order valence-electron chi connectivity index (χ1n) is 9.31. The van der Waals surface area contributed by atoms with E-state index >= 15 is 0 Å². The molecule has 1 saturated heterocycles. The molecule has 0 bridgehead atoms. The Balaban J connectivity index is 1.57. The first kappa shape index (κ1) is 18.8. The number of amides is 1. The predicted molar refractivity (Wildman–Crippen MR) is 100 cm³/mol. The van der Waals surface area contributed by atoms with E-state index in [0.717, 1.165) is 17.0 Å². The number of rotatable bonds is 5. The Labute approximate surface area is 163 Å². The zero-order valence-corrected chi connectivity index (χ0v) is 16.6. The zero-order valence-electron chi connectivity index (χ0n) is 16.6. The van der Waals surface area contributed by atoms with Gasteiger partial charge in [0, 0.05) is 20.1 Å². The fourth-order valence-electron chi connectivity index (χ4n) is 3.55. The summed E-state index contributed by atoms with van der Waals surface area (Å²) in [7, 11) is 1.78. The van der Waals surface area contributed by atoms with Gasteiger partial charge in [0.25, 0.3) is 5.91 Å². The van der Waals surface area contributed by atoms with Gasteiger partial charge in [-0.15, -0.1) is 0 Å². The highest BCUT2D eigenvalue weighted by Gasteiger charge is 2.35. The third-order valence-corrected chi connectivity index (χ3v) is 4.81. The highest BCUT2D eigenvalue weighted by Crippen LogP contribution is 2.33. The number of fused-ring (bicyclic) bond motifs is 1. The molecule has 0 radical (unpaired) electrons. The van der Waals surface area contributed by atoms with Crippen LogP contribution in [0, 0.1) is 6.92 Å². The van der Waals surface area contributed by atoms with E-state index in [9.17, 15) is 4.79 Å². The molecule has 28 heavy (non-hydrogen) atoms. The summed E-state index contributed by atoms with van der Waals surface area (Å²) in [6.45, 7) is 7.12. The van der Waals surface area contributed by atoms with Crippen molar-refractivity contribution in [2.75, 3.05) is 19.9 Å². The Bertz CT molecular complexity index is 892. The van der Waals surface area contributed by atoms with Crippen molar-refractivity contribution in [1.29, 1.82) is 0 Å². The summed E-state index contributed by atoms with van der Waals surface area (Å²) in [5.74, 6) is 0.677. The summed E-state index contributed by atoms with van der Waals surface area (Å²) in [5, 5.41) is 4.30. The molecule has 1 amide bonds. The van der Waals surface area contributed by atoms with E-state index in [1.807, 2.05) is 39.0 Å². The molecule has 1 aromatic heterocycles. The second kappa shape index (κ2) is 7.10. The number of aromatic nitrogens is 2. The van der Waals surface area contributed by atoms with Crippen molar-refractivity contribution < 1.29 is 23.7 Å². The van der Waals surface area contributed by atoms with E-state index in [4.69, 9.17) is 18.9 Å². The molecule has 1 aromatic carbocycles. The Morgan fingerprint density at radius 3 is 2.75 bits per heavy atom. The van der Waals surface area contributed by atoms with E-state index in [1.54, 1.807) is 22.7 Å². The Kier molecular flexibility index (Phi) is 4.76. The molecule has 0 N–H and O–H groups in total.